The summed E-state index contributed by atoms with van der Waals surface area (Å²) in [7, 11) is 2.03. The van der Waals surface area contributed by atoms with Crippen molar-refractivity contribution >= 4 is 21.6 Å². The van der Waals surface area contributed by atoms with E-state index in [1.165, 1.54) is 24.1 Å². The van der Waals surface area contributed by atoms with Crippen molar-refractivity contribution in [3.05, 3.63) is 28.2 Å². The molecule has 1 aromatic carbocycles. The summed E-state index contributed by atoms with van der Waals surface area (Å²) in [4.78, 5) is 2.61. The van der Waals surface area contributed by atoms with Gasteiger partial charge in [-0.05, 0) is 56.5 Å². The lowest BCUT2D eigenvalue weighted by Gasteiger charge is -2.30. The highest BCUT2D eigenvalue weighted by Crippen LogP contribution is 2.37. The zero-order valence-corrected chi connectivity index (χ0v) is 14.0. The van der Waals surface area contributed by atoms with E-state index >= 15 is 0 Å². The van der Waals surface area contributed by atoms with E-state index in [2.05, 4.69) is 65.1 Å². The molecule has 0 radical (unpaired) electrons. The molecular formula is C16H25BrN2. The van der Waals surface area contributed by atoms with Crippen LogP contribution in [0.4, 0.5) is 5.69 Å². The van der Waals surface area contributed by atoms with Crippen molar-refractivity contribution in [1.29, 1.82) is 0 Å². The fourth-order valence-electron chi connectivity index (χ4n) is 2.51. The fourth-order valence-corrected chi connectivity index (χ4v) is 2.89. The van der Waals surface area contributed by atoms with Gasteiger partial charge in [0.25, 0.3) is 0 Å². The van der Waals surface area contributed by atoms with Crippen LogP contribution in [-0.2, 0) is 0 Å². The predicted molar refractivity (Wildman–Crippen MR) is 86.8 cm³/mol. The van der Waals surface area contributed by atoms with Crippen molar-refractivity contribution in [3.8, 4) is 0 Å². The monoisotopic (exact) mass is 324 g/mol. The van der Waals surface area contributed by atoms with Crippen LogP contribution in [-0.4, -0.2) is 19.6 Å². The van der Waals surface area contributed by atoms with Crippen molar-refractivity contribution in [3.63, 3.8) is 0 Å². The van der Waals surface area contributed by atoms with Crippen LogP contribution in [0, 0.1) is 5.92 Å². The highest BCUT2D eigenvalue weighted by atomic mass is 79.9. The minimum Gasteiger partial charge on any atom is -0.368 e. The summed E-state index contributed by atoms with van der Waals surface area (Å²) in [6.45, 7) is 7.98. The number of halogens is 1. The van der Waals surface area contributed by atoms with Gasteiger partial charge in [0, 0.05) is 28.8 Å². The third-order valence-corrected chi connectivity index (χ3v) is 4.24. The Hall–Kier alpha value is -0.540. The maximum absolute atomic E-state index is 3.60. The standard InChI is InChI=1S/C16H25BrN2/c1-11(2)10-19(14-6-7-14)16-8-5-13(17)9-15(16)12(3)18-4/h5,8-9,11-12,14,18H,6-7,10H2,1-4H3. The largest absolute Gasteiger partial charge is 0.368 e. The summed E-state index contributed by atoms with van der Waals surface area (Å²) >= 11 is 3.60. The van der Waals surface area contributed by atoms with Crippen molar-refractivity contribution < 1.29 is 0 Å². The zero-order chi connectivity index (χ0) is 14.0. The summed E-state index contributed by atoms with van der Waals surface area (Å²) in [6.07, 6.45) is 2.69. The van der Waals surface area contributed by atoms with Crippen LogP contribution in [0.5, 0.6) is 0 Å². The maximum Gasteiger partial charge on any atom is 0.0417 e. The predicted octanol–water partition coefficient (Wildman–Crippen LogP) is 4.35. The molecule has 0 aliphatic heterocycles. The third kappa shape index (κ3) is 3.73. The Kier molecular flexibility index (Phi) is 4.91. The van der Waals surface area contributed by atoms with Gasteiger partial charge in [-0.1, -0.05) is 29.8 Å². The van der Waals surface area contributed by atoms with Crippen LogP contribution in [0.1, 0.15) is 45.2 Å². The van der Waals surface area contributed by atoms with Crippen molar-refractivity contribution in [2.45, 2.75) is 45.7 Å². The minimum absolute atomic E-state index is 0.376. The molecule has 0 saturated heterocycles. The normalized spacial score (nSPS) is 16.7. The number of nitrogens with one attached hydrogen (secondary N) is 1. The van der Waals surface area contributed by atoms with Gasteiger partial charge in [0.05, 0.1) is 0 Å². The van der Waals surface area contributed by atoms with Gasteiger partial charge in [0.2, 0.25) is 0 Å². The topological polar surface area (TPSA) is 15.3 Å². The van der Waals surface area contributed by atoms with Crippen LogP contribution in [0.3, 0.4) is 0 Å². The molecule has 1 atom stereocenters. The van der Waals surface area contributed by atoms with Crippen LogP contribution < -0.4 is 10.2 Å². The smallest absolute Gasteiger partial charge is 0.0417 e. The number of anilines is 1. The first-order valence-corrected chi connectivity index (χ1v) is 8.05. The van der Waals surface area contributed by atoms with Gasteiger partial charge in [-0.15, -0.1) is 0 Å². The van der Waals surface area contributed by atoms with E-state index in [1.54, 1.807) is 0 Å². The van der Waals surface area contributed by atoms with E-state index in [0.29, 0.717) is 12.0 Å². The molecule has 1 aliphatic rings. The van der Waals surface area contributed by atoms with Gasteiger partial charge in [0.15, 0.2) is 0 Å². The summed E-state index contributed by atoms with van der Waals surface area (Å²) in [5, 5.41) is 3.37. The third-order valence-electron chi connectivity index (χ3n) is 3.75. The number of hydrogen-bond acceptors (Lipinski definition) is 2. The van der Waals surface area contributed by atoms with Gasteiger partial charge in [-0.2, -0.15) is 0 Å². The molecule has 0 amide bonds. The summed E-state index contributed by atoms with van der Waals surface area (Å²) in [6, 6.07) is 7.82. The van der Waals surface area contributed by atoms with E-state index in [0.717, 1.165) is 17.1 Å². The molecule has 106 valence electrons. The molecule has 1 unspecified atom stereocenters. The lowest BCUT2D eigenvalue weighted by molar-refractivity contribution is 0.596. The number of nitrogens with zero attached hydrogens (tertiary/aromatic N) is 1. The number of hydrogen-bond donors (Lipinski definition) is 1. The molecule has 3 heteroatoms. The minimum atomic E-state index is 0.376. The van der Waals surface area contributed by atoms with Crippen molar-refractivity contribution in [2.75, 3.05) is 18.5 Å². The Morgan fingerprint density at radius 2 is 2.00 bits per heavy atom. The van der Waals surface area contributed by atoms with Gasteiger partial charge < -0.3 is 10.2 Å². The molecule has 1 aromatic rings. The first-order valence-electron chi connectivity index (χ1n) is 7.26. The quantitative estimate of drug-likeness (QED) is 0.836. The van der Waals surface area contributed by atoms with E-state index in [4.69, 9.17) is 0 Å². The molecule has 0 aromatic heterocycles. The average Bonchev–Trinajstić information content (AvgIpc) is 3.19. The summed E-state index contributed by atoms with van der Waals surface area (Å²) in [5.41, 5.74) is 2.80. The fraction of sp³-hybridized carbons (Fsp3) is 0.625. The second-order valence-corrected chi connectivity index (χ2v) is 6.91. The Morgan fingerprint density at radius 1 is 1.32 bits per heavy atom. The highest BCUT2D eigenvalue weighted by Gasteiger charge is 2.31. The van der Waals surface area contributed by atoms with Crippen molar-refractivity contribution in [2.24, 2.45) is 5.92 Å². The van der Waals surface area contributed by atoms with E-state index < -0.39 is 0 Å². The number of rotatable bonds is 6. The molecule has 0 spiro atoms. The zero-order valence-electron chi connectivity index (χ0n) is 12.4. The van der Waals surface area contributed by atoms with Crippen LogP contribution in [0.2, 0.25) is 0 Å². The highest BCUT2D eigenvalue weighted by molar-refractivity contribution is 9.10. The molecule has 19 heavy (non-hydrogen) atoms. The first-order chi connectivity index (χ1) is 9.02. The SMILES string of the molecule is CNC(C)c1cc(Br)ccc1N(CC(C)C)C1CC1. The van der Waals surface area contributed by atoms with Crippen LogP contribution in [0.25, 0.3) is 0 Å². The van der Waals surface area contributed by atoms with Gasteiger partial charge >= 0.3 is 0 Å². The van der Waals surface area contributed by atoms with E-state index in [9.17, 15) is 0 Å². The lowest BCUT2D eigenvalue weighted by Crippen LogP contribution is -2.31. The number of benzene rings is 1. The van der Waals surface area contributed by atoms with E-state index in [-0.39, 0.29) is 0 Å². The molecule has 1 N–H and O–H groups in total. The van der Waals surface area contributed by atoms with E-state index in [1.807, 2.05) is 7.05 Å². The molecule has 0 bridgehead atoms. The molecule has 1 saturated carbocycles. The maximum atomic E-state index is 3.60. The van der Waals surface area contributed by atoms with Gasteiger partial charge in [-0.25, -0.2) is 0 Å². The lowest BCUT2D eigenvalue weighted by atomic mass is 10.0. The summed E-state index contributed by atoms with van der Waals surface area (Å²) in [5.74, 6) is 0.696. The van der Waals surface area contributed by atoms with Gasteiger partial charge in [0.1, 0.15) is 0 Å². The van der Waals surface area contributed by atoms with Crippen molar-refractivity contribution in [1.82, 2.24) is 5.32 Å². The van der Waals surface area contributed by atoms with Gasteiger partial charge in [-0.3, -0.25) is 0 Å². The Balaban J connectivity index is 2.34. The molecule has 2 rings (SSSR count). The second-order valence-electron chi connectivity index (χ2n) is 5.99. The molecular weight excluding hydrogens is 300 g/mol. The first kappa shape index (κ1) is 14.9. The summed E-state index contributed by atoms with van der Waals surface area (Å²) < 4.78 is 1.16. The Labute approximate surface area is 125 Å². The molecule has 0 heterocycles. The average molecular weight is 325 g/mol. The molecule has 2 nitrogen and oxygen atoms in total. The molecule has 1 aliphatic carbocycles. The van der Waals surface area contributed by atoms with Crippen LogP contribution in [0.15, 0.2) is 22.7 Å². The molecule has 1 fully saturated rings. The second kappa shape index (κ2) is 6.27. The van der Waals surface area contributed by atoms with Crippen LogP contribution >= 0.6 is 15.9 Å². The Bertz CT molecular complexity index is 427. The Morgan fingerprint density at radius 3 is 2.53 bits per heavy atom.